The monoisotopic (exact) mass is 306 g/mol. The number of hydrogen-bond donors (Lipinski definition) is 1. The van der Waals surface area contributed by atoms with Gasteiger partial charge in [-0.2, -0.15) is 0 Å². The van der Waals surface area contributed by atoms with Crippen LogP contribution in [0.2, 0.25) is 5.02 Å². The van der Waals surface area contributed by atoms with E-state index in [1.54, 1.807) is 6.07 Å². The number of benzene rings is 2. The Morgan fingerprint density at radius 3 is 2.67 bits per heavy atom. The fourth-order valence-electron chi connectivity index (χ4n) is 2.29. The van der Waals surface area contributed by atoms with Gasteiger partial charge in [0.15, 0.2) is 0 Å². The van der Waals surface area contributed by atoms with Gasteiger partial charge in [-0.15, -0.1) is 0 Å². The second-order valence-corrected chi connectivity index (χ2v) is 5.75. The summed E-state index contributed by atoms with van der Waals surface area (Å²) in [6.07, 6.45) is 0.778. The summed E-state index contributed by atoms with van der Waals surface area (Å²) in [7, 11) is 2.04. The first-order valence-corrected chi connectivity index (χ1v) is 7.36. The van der Waals surface area contributed by atoms with Gasteiger partial charge in [0, 0.05) is 17.6 Å². The Morgan fingerprint density at radius 2 is 1.95 bits per heavy atom. The third kappa shape index (κ3) is 5.12. The first kappa shape index (κ1) is 16.0. The fourth-order valence-corrected chi connectivity index (χ4v) is 2.50. The van der Waals surface area contributed by atoms with Gasteiger partial charge < -0.3 is 10.6 Å². The van der Waals surface area contributed by atoms with Gasteiger partial charge in [-0.05, 0) is 55.4 Å². The summed E-state index contributed by atoms with van der Waals surface area (Å²) in [6, 6.07) is 14.2. The minimum absolute atomic E-state index is 0.150. The van der Waals surface area contributed by atoms with Gasteiger partial charge in [0.2, 0.25) is 0 Å². The van der Waals surface area contributed by atoms with Crippen LogP contribution >= 0.6 is 11.6 Å². The molecule has 0 aliphatic heterocycles. The van der Waals surface area contributed by atoms with Gasteiger partial charge in [0.25, 0.3) is 0 Å². The van der Waals surface area contributed by atoms with Crippen molar-refractivity contribution >= 4 is 11.6 Å². The summed E-state index contributed by atoms with van der Waals surface area (Å²) >= 11 is 5.98. The van der Waals surface area contributed by atoms with E-state index in [2.05, 4.69) is 11.0 Å². The van der Waals surface area contributed by atoms with Crippen LogP contribution in [0, 0.1) is 5.82 Å². The van der Waals surface area contributed by atoms with Crippen LogP contribution in [-0.4, -0.2) is 18.5 Å². The highest BCUT2D eigenvalue weighted by molar-refractivity contribution is 6.30. The van der Waals surface area contributed by atoms with E-state index in [1.807, 2.05) is 31.3 Å². The molecule has 112 valence electrons. The van der Waals surface area contributed by atoms with E-state index in [4.69, 9.17) is 17.3 Å². The highest BCUT2D eigenvalue weighted by Gasteiger charge is 2.09. The van der Waals surface area contributed by atoms with Crippen LogP contribution in [0.1, 0.15) is 23.6 Å². The lowest BCUT2D eigenvalue weighted by molar-refractivity contribution is 0.311. The molecule has 4 heteroatoms. The maximum absolute atomic E-state index is 13.2. The molecule has 0 saturated heterocycles. The second kappa shape index (κ2) is 7.55. The molecule has 0 fully saturated rings. The van der Waals surface area contributed by atoms with Gasteiger partial charge in [-0.25, -0.2) is 4.39 Å². The standard InChI is InChI=1S/C17H20ClFN2/c1-21(12-13-4-2-6-15(18)10-13)9-8-17(20)14-5-3-7-16(19)11-14/h2-7,10-11,17H,8-9,12,20H2,1H3. The lowest BCUT2D eigenvalue weighted by atomic mass is 10.0. The van der Waals surface area contributed by atoms with E-state index >= 15 is 0 Å². The Kier molecular flexibility index (Phi) is 5.74. The van der Waals surface area contributed by atoms with Crippen molar-refractivity contribution in [1.29, 1.82) is 0 Å². The zero-order valence-corrected chi connectivity index (χ0v) is 12.9. The summed E-state index contributed by atoms with van der Waals surface area (Å²) in [5.74, 6) is -0.241. The van der Waals surface area contributed by atoms with Gasteiger partial charge in [-0.1, -0.05) is 35.9 Å². The van der Waals surface area contributed by atoms with Crippen LogP contribution in [0.3, 0.4) is 0 Å². The zero-order valence-electron chi connectivity index (χ0n) is 12.1. The number of nitrogens with zero attached hydrogens (tertiary/aromatic N) is 1. The van der Waals surface area contributed by atoms with Crippen molar-refractivity contribution in [3.8, 4) is 0 Å². The topological polar surface area (TPSA) is 29.3 Å². The molecule has 0 spiro atoms. The van der Waals surface area contributed by atoms with Gasteiger partial charge >= 0.3 is 0 Å². The van der Waals surface area contributed by atoms with Crippen LogP contribution in [0.25, 0.3) is 0 Å². The zero-order chi connectivity index (χ0) is 15.2. The Morgan fingerprint density at radius 1 is 1.19 bits per heavy atom. The van der Waals surface area contributed by atoms with Crippen molar-refractivity contribution in [3.63, 3.8) is 0 Å². The maximum atomic E-state index is 13.2. The van der Waals surface area contributed by atoms with Crippen LogP contribution in [0.4, 0.5) is 4.39 Å². The summed E-state index contributed by atoms with van der Waals surface area (Å²) in [5, 5.41) is 0.748. The molecule has 0 bridgehead atoms. The molecular formula is C17H20ClFN2. The number of hydrogen-bond acceptors (Lipinski definition) is 2. The van der Waals surface area contributed by atoms with E-state index in [0.29, 0.717) is 0 Å². The Balaban J connectivity index is 1.85. The molecule has 0 aliphatic rings. The molecule has 0 heterocycles. The molecule has 2 aromatic carbocycles. The highest BCUT2D eigenvalue weighted by Crippen LogP contribution is 2.16. The molecule has 0 aromatic heterocycles. The minimum Gasteiger partial charge on any atom is -0.324 e. The molecule has 1 unspecified atom stereocenters. The highest BCUT2D eigenvalue weighted by atomic mass is 35.5. The summed E-state index contributed by atoms with van der Waals surface area (Å²) < 4.78 is 13.2. The van der Waals surface area contributed by atoms with Crippen LogP contribution < -0.4 is 5.73 Å². The van der Waals surface area contributed by atoms with Crippen LogP contribution in [0.15, 0.2) is 48.5 Å². The molecule has 0 aliphatic carbocycles. The SMILES string of the molecule is CN(CCC(N)c1cccc(F)c1)Cc1cccc(Cl)c1. The molecule has 1 atom stereocenters. The van der Waals surface area contributed by atoms with E-state index in [-0.39, 0.29) is 11.9 Å². The molecule has 2 nitrogen and oxygen atoms in total. The van der Waals surface area contributed by atoms with Crippen molar-refractivity contribution in [2.24, 2.45) is 5.73 Å². The van der Waals surface area contributed by atoms with Crippen molar-refractivity contribution in [1.82, 2.24) is 4.90 Å². The van der Waals surface area contributed by atoms with E-state index in [0.717, 1.165) is 30.1 Å². The summed E-state index contributed by atoms with van der Waals surface area (Å²) in [4.78, 5) is 2.19. The largest absolute Gasteiger partial charge is 0.324 e. The predicted octanol–water partition coefficient (Wildman–Crippen LogP) is 4.00. The van der Waals surface area contributed by atoms with Crippen molar-refractivity contribution in [2.45, 2.75) is 19.0 Å². The average Bonchev–Trinajstić information content (AvgIpc) is 2.45. The minimum atomic E-state index is -0.241. The average molecular weight is 307 g/mol. The van der Waals surface area contributed by atoms with Crippen molar-refractivity contribution < 1.29 is 4.39 Å². The van der Waals surface area contributed by atoms with Crippen molar-refractivity contribution in [3.05, 3.63) is 70.5 Å². The molecular weight excluding hydrogens is 287 g/mol. The molecule has 2 aromatic rings. The van der Waals surface area contributed by atoms with Crippen molar-refractivity contribution in [2.75, 3.05) is 13.6 Å². The quantitative estimate of drug-likeness (QED) is 0.874. The smallest absolute Gasteiger partial charge is 0.123 e. The molecule has 0 radical (unpaired) electrons. The van der Waals surface area contributed by atoms with Gasteiger partial charge in [-0.3, -0.25) is 0 Å². The fraction of sp³-hybridized carbons (Fsp3) is 0.294. The van der Waals surface area contributed by atoms with E-state index < -0.39 is 0 Å². The molecule has 0 saturated carbocycles. The number of rotatable bonds is 6. The second-order valence-electron chi connectivity index (χ2n) is 5.32. The first-order valence-electron chi connectivity index (χ1n) is 6.98. The Hall–Kier alpha value is -1.42. The molecule has 21 heavy (non-hydrogen) atoms. The number of nitrogens with two attached hydrogens (primary N) is 1. The summed E-state index contributed by atoms with van der Waals surface area (Å²) in [6.45, 7) is 1.65. The lowest BCUT2D eigenvalue weighted by Gasteiger charge is -2.20. The molecule has 2 N–H and O–H groups in total. The van der Waals surface area contributed by atoms with Crippen LogP contribution in [0.5, 0.6) is 0 Å². The Bertz CT molecular complexity index is 589. The van der Waals surface area contributed by atoms with E-state index in [9.17, 15) is 4.39 Å². The van der Waals surface area contributed by atoms with E-state index in [1.165, 1.54) is 17.7 Å². The van der Waals surface area contributed by atoms with Gasteiger partial charge in [0.1, 0.15) is 5.82 Å². The first-order chi connectivity index (χ1) is 10.0. The Labute approximate surface area is 130 Å². The normalized spacial score (nSPS) is 12.6. The maximum Gasteiger partial charge on any atom is 0.123 e. The molecule has 2 rings (SSSR count). The summed E-state index contributed by atoms with van der Waals surface area (Å²) in [5.41, 5.74) is 8.12. The van der Waals surface area contributed by atoms with Gasteiger partial charge in [0.05, 0.1) is 0 Å². The number of halogens is 2. The van der Waals surface area contributed by atoms with Crippen LogP contribution in [-0.2, 0) is 6.54 Å². The molecule has 0 amide bonds. The predicted molar refractivity (Wildman–Crippen MR) is 85.7 cm³/mol. The third-order valence-corrected chi connectivity index (χ3v) is 3.68. The lowest BCUT2D eigenvalue weighted by Crippen LogP contribution is -2.23. The third-order valence-electron chi connectivity index (χ3n) is 3.44.